The Bertz CT molecular complexity index is 174. The fourth-order valence-corrected chi connectivity index (χ4v) is 1.62. The van der Waals surface area contributed by atoms with Crippen LogP contribution in [0.5, 0.6) is 0 Å². The van der Waals surface area contributed by atoms with Gasteiger partial charge in [0.05, 0.1) is 6.10 Å². The highest BCUT2D eigenvalue weighted by Crippen LogP contribution is 2.17. The first kappa shape index (κ1) is 18.8. The van der Waals surface area contributed by atoms with E-state index in [1.54, 1.807) is 0 Å². The molecule has 3 nitrogen and oxygen atoms in total. The minimum absolute atomic E-state index is 0.0750. The van der Waals surface area contributed by atoms with Crippen LogP contribution in [0.1, 0.15) is 66.7 Å². The number of carbonyl (C=O) groups is 1. The maximum Gasteiger partial charge on any atom is 0.300 e. The van der Waals surface area contributed by atoms with Crippen LogP contribution in [0.15, 0.2) is 0 Å². The van der Waals surface area contributed by atoms with E-state index in [2.05, 4.69) is 20.8 Å². The lowest BCUT2D eigenvalue weighted by atomic mass is 9.94. The summed E-state index contributed by atoms with van der Waals surface area (Å²) in [6.07, 6.45) is 5.72. The third kappa shape index (κ3) is 21.3. The minimum atomic E-state index is -0.833. The summed E-state index contributed by atoms with van der Waals surface area (Å²) in [6.45, 7) is 9.92. The van der Waals surface area contributed by atoms with Crippen LogP contribution in [0.3, 0.4) is 0 Å². The fraction of sp³-hybridized carbons (Fsp3) is 0.929. The molecule has 0 spiro atoms. The van der Waals surface area contributed by atoms with Gasteiger partial charge in [0, 0.05) is 6.92 Å². The average molecular weight is 246 g/mol. The Labute approximate surface area is 106 Å². The summed E-state index contributed by atoms with van der Waals surface area (Å²) in [5.41, 5.74) is 0. The van der Waals surface area contributed by atoms with Gasteiger partial charge in [-0.2, -0.15) is 0 Å². The van der Waals surface area contributed by atoms with Gasteiger partial charge in [0.15, 0.2) is 0 Å². The van der Waals surface area contributed by atoms with Crippen molar-refractivity contribution in [3.63, 3.8) is 0 Å². The van der Waals surface area contributed by atoms with Gasteiger partial charge in [-0.3, -0.25) is 4.79 Å². The maximum absolute atomic E-state index is 9.44. The smallest absolute Gasteiger partial charge is 0.300 e. The van der Waals surface area contributed by atoms with Crippen molar-refractivity contribution in [2.24, 2.45) is 11.8 Å². The molecule has 0 bridgehead atoms. The van der Waals surface area contributed by atoms with Crippen LogP contribution in [-0.4, -0.2) is 22.3 Å². The largest absolute Gasteiger partial charge is 0.481 e. The van der Waals surface area contributed by atoms with E-state index in [9.17, 15) is 5.11 Å². The van der Waals surface area contributed by atoms with Crippen molar-refractivity contribution in [1.82, 2.24) is 0 Å². The summed E-state index contributed by atoms with van der Waals surface area (Å²) in [7, 11) is 0. The maximum atomic E-state index is 9.44. The lowest BCUT2D eigenvalue weighted by Gasteiger charge is -2.15. The molecule has 0 amide bonds. The SMILES string of the molecule is CC(=O)O.CCC(O)CC(C)CCCC(C)C. The first-order valence-corrected chi connectivity index (χ1v) is 6.67. The van der Waals surface area contributed by atoms with Gasteiger partial charge >= 0.3 is 0 Å². The number of hydrogen-bond acceptors (Lipinski definition) is 2. The monoisotopic (exact) mass is 246 g/mol. The highest BCUT2D eigenvalue weighted by molar-refractivity contribution is 5.62. The predicted molar refractivity (Wildman–Crippen MR) is 72.1 cm³/mol. The molecule has 0 heterocycles. The van der Waals surface area contributed by atoms with Crippen molar-refractivity contribution in [3.8, 4) is 0 Å². The van der Waals surface area contributed by atoms with Crippen LogP contribution in [0.4, 0.5) is 0 Å². The fourth-order valence-electron chi connectivity index (χ4n) is 1.62. The van der Waals surface area contributed by atoms with Crippen molar-refractivity contribution in [2.45, 2.75) is 72.8 Å². The van der Waals surface area contributed by atoms with E-state index in [1.165, 1.54) is 19.3 Å². The number of carboxylic acids is 1. The number of aliphatic carboxylic acids is 1. The summed E-state index contributed by atoms with van der Waals surface area (Å²) in [4.78, 5) is 9.00. The van der Waals surface area contributed by atoms with E-state index in [-0.39, 0.29) is 6.10 Å². The molecule has 0 saturated heterocycles. The molecule has 0 aromatic heterocycles. The van der Waals surface area contributed by atoms with E-state index in [0.29, 0.717) is 5.92 Å². The Morgan fingerprint density at radius 3 is 2.00 bits per heavy atom. The zero-order valence-electron chi connectivity index (χ0n) is 12.1. The van der Waals surface area contributed by atoms with Gasteiger partial charge in [0.1, 0.15) is 0 Å². The van der Waals surface area contributed by atoms with Crippen LogP contribution in [0.2, 0.25) is 0 Å². The highest BCUT2D eigenvalue weighted by Gasteiger charge is 2.08. The lowest BCUT2D eigenvalue weighted by Crippen LogP contribution is -2.10. The Morgan fingerprint density at radius 2 is 1.65 bits per heavy atom. The number of rotatable bonds is 7. The number of aliphatic hydroxyl groups is 1. The van der Waals surface area contributed by atoms with E-state index in [4.69, 9.17) is 9.90 Å². The second-order valence-corrected chi connectivity index (χ2v) is 5.25. The molecule has 17 heavy (non-hydrogen) atoms. The zero-order chi connectivity index (χ0) is 13.8. The van der Waals surface area contributed by atoms with E-state index >= 15 is 0 Å². The van der Waals surface area contributed by atoms with Gasteiger partial charge in [0.25, 0.3) is 5.97 Å². The molecule has 104 valence electrons. The van der Waals surface area contributed by atoms with Gasteiger partial charge < -0.3 is 10.2 Å². The molecule has 2 N–H and O–H groups in total. The van der Waals surface area contributed by atoms with Crippen LogP contribution in [0, 0.1) is 11.8 Å². The first-order valence-electron chi connectivity index (χ1n) is 6.67. The quantitative estimate of drug-likeness (QED) is 0.720. The van der Waals surface area contributed by atoms with Crippen molar-refractivity contribution in [3.05, 3.63) is 0 Å². The summed E-state index contributed by atoms with van der Waals surface area (Å²) >= 11 is 0. The summed E-state index contributed by atoms with van der Waals surface area (Å²) in [6, 6.07) is 0. The molecule has 0 aromatic carbocycles. The Kier molecular flexibility index (Phi) is 13.2. The Hall–Kier alpha value is -0.570. The Balaban J connectivity index is 0. The molecule has 2 atom stereocenters. The Morgan fingerprint density at radius 1 is 1.18 bits per heavy atom. The topological polar surface area (TPSA) is 57.5 Å². The molecule has 0 aliphatic carbocycles. The van der Waals surface area contributed by atoms with E-state index < -0.39 is 5.97 Å². The van der Waals surface area contributed by atoms with E-state index in [0.717, 1.165) is 25.7 Å². The van der Waals surface area contributed by atoms with Gasteiger partial charge in [0.2, 0.25) is 0 Å². The van der Waals surface area contributed by atoms with Crippen LogP contribution in [0.25, 0.3) is 0 Å². The molecule has 0 aliphatic rings. The summed E-state index contributed by atoms with van der Waals surface area (Å²) < 4.78 is 0. The molecule has 0 rings (SSSR count). The van der Waals surface area contributed by atoms with Crippen molar-refractivity contribution in [1.29, 1.82) is 0 Å². The molecule has 0 aliphatic heterocycles. The summed E-state index contributed by atoms with van der Waals surface area (Å²) in [5.74, 6) is 0.678. The third-order valence-corrected chi connectivity index (χ3v) is 2.62. The van der Waals surface area contributed by atoms with Gasteiger partial charge in [-0.25, -0.2) is 0 Å². The molecule has 0 fully saturated rings. The predicted octanol–water partition coefficient (Wildman–Crippen LogP) is 3.70. The van der Waals surface area contributed by atoms with Crippen LogP contribution >= 0.6 is 0 Å². The summed E-state index contributed by atoms with van der Waals surface area (Å²) in [5, 5.41) is 16.9. The van der Waals surface area contributed by atoms with Crippen molar-refractivity contribution >= 4 is 5.97 Å². The van der Waals surface area contributed by atoms with Gasteiger partial charge in [-0.05, 0) is 24.7 Å². The van der Waals surface area contributed by atoms with Crippen molar-refractivity contribution in [2.75, 3.05) is 0 Å². The van der Waals surface area contributed by atoms with E-state index in [1.807, 2.05) is 6.92 Å². The third-order valence-electron chi connectivity index (χ3n) is 2.62. The molecule has 0 aromatic rings. The molecular weight excluding hydrogens is 216 g/mol. The number of aliphatic hydroxyl groups excluding tert-OH is 1. The average Bonchev–Trinajstić information content (AvgIpc) is 2.15. The van der Waals surface area contributed by atoms with Crippen molar-refractivity contribution < 1.29 is 15.0 Å². The number of hydrogen-bond donors (Lipinski definition) is 2. The molecule has 0 saturated carbocycles. The van der Waals surface area contributed by atoms with Crippen LogP contribution < -0.4 is 0 Å². The molecule has 0 radical (unpaired) electrons. The normalized spacial score (nSPS) is 13.8. The minimum Gasteiger partial charge on any atom is -0.481 e. The molecular formula is C14H30O3. The first-order chi connectivity index (χ1) is 7.79. The zero-order valence-corrected chi connectivity index (χ0v) is 12.1. The molecule has 3 heteroatoms. The lowest BCUT2D eigenvalue weighted by molar-refractivity contribution is -0.134. The number of carboxylic acid groups (broad SMARTS) is 1. The molecule has 2 unspecified atom stereocenters. The highest BCUT2D eigenvalue weighted by atomic mass is 16.4. The van der Waals surface area contributed by atoms with Gasteiger partial charge in [-0.15, -0.1) is 0 Å². The second-order valence-electron chi connectivity index (χ2n) is 5.25. The standard InChI is InChI=1S/C12H26O.C2H4O2/c1-5-12(13)9-11(4)8-6-7-10(2)3;1-2(3)4/h10-13H,5-9H2,1-4H3;1H3,(H,3,4). The second kappa shape index (κ2) is 11.9. The van der Waals surface area contributed by atoms with Crippen LogP contribution in [-0.2, 0) is 4.79 Å². The van der Waals surface area contributed by atoms with Gasteiger partial charge in [-0.1, -0.05) is 47.0 Å².